The highest BCUT2D eigenvalue weighted by Gasteiger charge is 2.24. The first-order chi connectivity index (χ1) is 10.1. The molecule has 0 spiro atoms. The molecule has 1 aromatic rings. The quantitative estimate of drug-likeness (QED) is 0.779. The Morgan fingerprint density at radius 1 is 1.24 bits per heavy atom. The highest BCUT2D eigenvalue weighted by molar-refractivity contribution is 5.17. The van der Waals surface area contributed by atoms with Gasteiger partial charge in [0.15, 0.2) is 0 Å². The summed E-state index contributed by atoms with van der Waals surface area (Å²) in [5.74, 6) is 1.86. The number of hydrogen-bond donors (Lipinski definition) is 1. The molecular weight excluding hydrogens is 260 g/mol. The smallest absolute Gasteiger partial charge is 0.122 e. The third-order valence-electron chi connectivity index (χ3n) is 4.33. The monoisotopic (exact) mass is 292 g/mol. The maximum atomic E-state index is 5.79. The first-order valence-corrected chi connectivity index (χ1v) is 8.59. The Morgan fingerprint density at radius 2 is 1.95 bits per heavy atom. The summed E-state index contributed by atoms with van der Waals surface area (Å²) >= 11 is 0. The van der Waals surface area contributed by atoms with Crippen LogP contribution in [0.4, 0.5) is 0 Å². The third kappa shape index (κ3) is 5.15. The zero-order valence-electron chi connectivity index (χ0n) is 14.2. The summed E-state index contributed by atoms with van der Waals surface area (Å²) in [6, 6.07) is 3.38. The highest BCUT2D eigenvalue weighted by atomic mass is 16.3. The van der Waals surface area contributed by atoms with Gasteiger partial charge in [-0.3, -0.25) is 4.90 Å². The van der Waals surface area contributed by atoms with Crippen LogP contribution in [0.1, 0.15) is 64.7 Å². The fourth-order valence-corrected chi connectivity index (χ4v) is 3.24. The van der Waals surface area contributed by atoms with Crippen molar-refractivity contribution in [3.05, 3.63) is 23.7 Å². The lowest BCUT2D eigenvalue weighted by atomic mass is 10.1. The van der Waals surface area contributed by atoms with Crippen molar-refractivity contribution in [2.75, 3.05) is 6.54 Å². The van der Waals surface area contributed by atoms with E-state index in [2.05, 4.69) is 44.0 Å². The van der Waals surface area contributed by atoms with Gasteiger partial charge in [-0.05, 0) is 24.8 Å². The van der Waals surface area contributed by atoms with Crippen LogP contribution in [-0.4, -0.2) is 23.5 Å². The zero-order chi connectivity index (χ0) is 15.2. The van der Waals surface area contributed by atoms with Crippen LogP contribution in [0.25, 0.3) is 0 Å². The summed E-state index contributed by atoms with van der Waals surface area (Å²) in [5.41, 5.74) is 1.32. The average molecular weight is 292 g/mol. The SMILES string of the molecule is CC(C)CN(Cc1occc1CNC(C)C)C1CCCC1. The van der Waals surface area contributed by atoms with Crippen LogP contribution in [0.5, 0.6) is 0 Å². The first kappa shape index (κ1) is 16.6. The summed E-state index contributed by atoms with van der Waals surface area (Å²) < 4.78 is 5.79. The Balaban J connectivity index is 2.00. The Labute approximate surface area is 130 Å². The molecule has 1 saturated carbocycles. The van der Waals surface area contributed by atoms with Gasteiger partial charge in [0.2, 0.25) is 0 Å². The van der Waals surface area contributed by atoms with E-state index in [1.54, 1.807) is 0 Å². The molecule has 0 aliphatic heterocycles. The van der Waals surface area contributed by atoms with Gasteiger partial charge in [-0.2, -0.15) is 0 Å². The highest BCUT2D eigenvalue weighted by Crippen LogP contribution is 2.26. The topological polar surface area (TPSA) is 28.4 Å². The Kier molecular flexibility index (Phi) is 6.31. The van der Waals surface area contributed by atoms with E-state index in [1.807, 2.05) is 6.26 Å². The van der Waals surface area contributed by atoms with Crippen molar-refractivity contribution in [1.82, 2.24) is 10.2 Å². The lowest BCUT2D eigenvalue weighted by Crippen LogP contribution is -2.36. The second-order valence-electron chi connectivity index (χ2n) is 7.17. The van der Waals surface area contributed by atoms with Crippen LogP contribution < -0.4 is 5.32 Å². The number of rotatable bonds is 8. The van der Waals surface area contributed by atoms with E-state index in [9.17, 15) is 0 Å². The Morgan fingerprint density at radius 3 is 2.57 bits per heavy atom. The average Bonchev–Trinajstić information content (AvgIpc) is 3.06. The van der Waals surface area contributed by atoms with Gasteiger partial charge in [0.25, 0.3) is 0 Å². The minimum absolute atomic E-state index is 0.509. The standard InChI is InChI=1S/C18H32N2O/c1-14(2)12-20(17-7-5-6-8-17)13-18-16(9-10-21-18)11-19-15(3)4/h9-10,14-15,17,19H,5-8,11-13H2,1-4H3. The van der Waals surface area contributed by atoms with E-state index in [-0.39, 0.29) is 0 Å². The molecule has 1 heterocycles. The minimum atomic E-state index is 0.509. The van der Waals surface area contributed by atoms with Crippen LogP contribution in [0.3, 0.4) is 0 Å². The van der Waals surface area contributed by atoms with E-state index in [1.165, 1.54) is 37.8 Å². The molecule has 1 N–H and O–H groups in total. The van der Waals surface area contributed by atoms with Gasteiger partial charge in [-0.1, -0.05) is 40.5 Å². The van der Waals surface area contributed by atoms with Crippen molar-refractivity contribution in [1.29, 1.82) is 0 Å². The first-order valence-electron chi connectivity index (χ1n) is 8.59. The van der Waals surface area contributed by atoms with Crippen molar-refractivity contribution in [2.45, 2.75) is 78.6 Å². The molecule has 120 valence electrons. The van der Waals surface area contributed by atoms with Gasteiger partial charge in [-0.25, -0.2) is 0 Å². The van der Waals surface area contributed by atoms with E-state index in [4.69, 9.17) is 4.42 Å². The lowest BCUT2D eigenvalue weighted by molar-refractivity contribution is 0.155. The maximum Gasteiger partial charge on any atom is 0.122 e. The number of hydrogen-bond acceptors (Lipinski definition) is 3. The van der Waals surface area contributed by atoms with Gasteiger partial charge in [-0.15, -0.1) is 0 Å². The number of nitrogens with one attached hydrogen (secondary N) is 1. The molecule has 0 unspecified atom stereocenters. The number of furan rings is 1. The van der Waals surface area contributed by atoms with Crippen molar-refractivity contribution in [3.63, 3.8) is 0 Å². The van der Waals surface area contributed by atoms with E-state index >= 15 is 0 Å². The van der Waals surface area contributed by atoms with Gasteiger partial charge >= 0.3 is 0 Å². The molecule has 21 heavy (non-hydrogen) atoms. The lowest BCUT2D eigenvalue weighted by Gasteiger charge is -2.30. The predicted octanol–water partition coefficient (Wildman–Crippen LogP) is 4.18. The van der Waals surface area contributed by atoms with E-state index in [0.29, 0.717) is 12.0 Å². The zero-order valence-corrected chi connectivity index (χ0v) is 14.2. The van der Waals surface area contributed by atoms with Crippen LogP contribution in [0.2, 0.25) is 0 Å². The van der Waals surface area contributed by atoms with Crippen LogP contribution in [0, 0.1) is 5.92 Å². The third-order valence-corrected chi connectivity index (χ3v) is 4.33. The van der Waals surface area contributed by atoms with Gasteiger partial charge < -0.3 is 9.73 Å². The number of nitrogens with zero attached hydrogens (tertiary/aromatic N) is 1. The molecule has 1 fully saturated rings. The summed E-state index contributed by atoms with van der Waals surface area (Å²) in [4.78, 5) is 2.65. The fourth-order valence-electron chi connectivity index (χ4n) is 3.24. The molecule has 1 aliphatic rings. The molecule has 1 aliphatic carbocycles. The van der Waals surface area contributed by atoms with E-state index < -0.39 is 0 Å². The molecule has 0 bridgehead atoms. The molecule has 0 amide bonds. The molecule has 2 rings (SSSR count). The maximum absolute atomic E-state index is 5.79. The molecule has 1 aromatic heterocycles. The molecule has 3 heteroatoms. The Hall–Kier alpha value is -0.800. The van der Waals surface area contributed by atoms with Crippen LogP contribution in [-0.2, 0) is 13.1 Å². The second kappa shape index (κ2) is 8.00. The van der Waals surface area contributed by atoms with E-state index in [0.717, 1.165) is 24.9 Å². The van der Waals surface area contributed by atoms with Gasteiger partial charge in [0.1, 0.15) is 5.76 Å². The van der Waals surface area contributed by atoms with Gasteiger partial charge in [0.05, 0.1) is 12.8 Å². The molecule has 0 saturated heterocycles. The van der Waals surface area contributed by atoms with Crippen molar-refractivity contribution in [3.8, 4) is 0 Å². The summed E-state index contributed by atoms with van der Waals surface area (Å²) in [6.07, 6.45) is 7.33. The molecule has 0 atom stereocenters. The summed E-state index contributed by atoms with van der Waals surface area (Å²) in [6.45, 7) is 12.0. The summed E-state index contributed by atoms with van der Waals surface area (Å²) in [7, 11) is 0. The van der Waals surface area contributed by atoms with Gasteiger partial charge in [0, 0.05) is 30.7 Å². The van der Waals surface area contributed by atoms with Crippen molar-refractivity contribution in [2.24, 2.45) is 5.92 Å². The van der Waals surface area contributed by atoms with Crippen LogP contribution in [0.15, 0.2) is 16.7 Å². The molecule has 0 aromatic carbocycles. The Bertz CT molecular complexity index is 405. The second-order valence-corrected chi connectivity index (χ2v) is 7.17. The fraction of sp³-hybridized carbons (Fsp3) is 0.778. The van der Waals surface area contributed by atoms with Crippen molar-refractivity contribution < 1.29 is 4.42 Å². The molecule has 0 radical (unpaired) electrons. The minimum Gasteiger partial charge on any atom is -0.468 e. The predicted molar refractivity (Wildman–Crippen MR) is 88.2 cm³/mol. The largest absolute Gasteiger partial charge is 0.468 e. The molecular formula is C18H32N2O. The van der Waals surface area contributed by atoms with Crippen LogP contribution >= 0.6 is 0 Å². The normalized spacial score (nSPS) is 16.7. The molecule has 3 nitrogen and oxygen atoms in total. The summed E-state index contributed by atoms with van der Waals surface area (Å²) in [5, 5.41) is 3.49. The van der Waals surface area contributed by atoms with Crippen molar-refractivity contribution >= 4 is 0 Å².